The third kappa shape index (κ3) is 3.32. The van der Waals surface area contributed by atoms with Gasteiger partial charge in [0.1, 0.15) is 5.82 Å². The third-order valence-corrected chi connectivity index (χ3v) is 4.63. The number of rotatable bonds is 5. The SMILES string of the molecule is CNC(C)c1cc(F)c(C)cc1N(C)CC1CCCC1. The van der Waals surface area contributed by atoms with Crippen LogP contribution in [0.2, 0.25) is 0 Å². The lowest BCUT2D eigenvalue weighted by Crippen LogP contribution is -2.27. The summed E-state index contributed by atoms with van der Waals surface area (Å²) in [4.78, 5) is 2.31. The van der Waals surface area contributed by atoms with Gasteiger partial charge in [0.25, 0.3) is 0 Å². The largest absolute Gasteiger partial charge is 0.374 e. The number of aryl methyl sites for hydroxylation is 1. The number of benzene rings is 1. The van der Waals surface area contributed by atoms with Crippen LogP contribution in [0.25, 0.3) is 0 Å². The van der Waals surface area contributed by atoms with Crippen LogP contribution in [0.3, 0.4) is 0 Å². The van der Waals surface area contributed by atoms with Crippen LogP contribution in [0.15, 0.2) is 12.1 Å². The summed E-state index contributed by atoms with van der Waals surface area (Å²) in [6, 6.07) is 3.84. The summed E-state index contributed by atoms with van der Waals surface area (Å²) in [5.41, 5.74) is 2.94. The van der Waals surface area contributed by atoms with E-state index in [2.05, 4.69) is 24.2 Å². The molecule has 0 aromatic heterocycles. The monoisotopic (exact) mass is 278 g/mol. The van der Waals surface area contributed by atoms with E-state index < -0.39 is 0 Å². The van der Waals surface area contributed by atoms with Crippen molar-refractivity contribution >= 4 is 5.69 Å². The van der Waals surface area contributed by atoms with E-state index in [4.69, 9.17) is 0 Å². The lowest BCUT2D eigenvalue weighted by atomic mass is 10.0. The van der Waals surface area contributed by atoms with Gasteiger partial charge in [0.15, 0.2) is 0 Å². The lowest BCUT2D eigenvalue weighted by Gasteiger charge is -2.28. The van der Waals surface area contributed by atoms with Gasteiger partial charge in [0, 0.05) is 25.3 Å². The Morgan fingerprint density at radius 3 is 2.60 bits per heavy atom. The van der Waals surface area contributed by atoms with Crippen LogP contribution < -0.4 is 10.2 Å². The molecule has 0 spiro atoms. The molecule has 2 rings (SSSR count). The molecule has 3 heteroatoms. The maximum atomic E-state index is 13.9. The Bertz CT molecular complexity index is 453. The molecule has 0 saturated heterocycles. The zero-order valence-electron chi connectivity index (χ0n) is 13.2. The van der Waals surface area contributed by atoms with Crippen LogP contribution >= 0.6 is 0 Å². The molecular weight excluding hydrogens is 251 g/mol. The Kier molecular flexibility index (Phi) is 5.03. The van der Waals surface area contributed by atoms with Crippen molar-refractivity contribution < 1.29 is 4.39 Å². The van der Waals surface area contributed by atoms with E-state index >= 15 is 0 Å². The van der Waals surface area contributed by atoms with Gasteiger partial charge in [-0.05, 0) is 62.9 Å². The standard InChI is InChI=1S/C17H27FN2/c1-12-9-17(15(10-16(12)18)13(2)19-3)20(4)11-14-7-5-6-8-14/h9-10,13-14,19H,5-8,11H2,1-4H3. The molecule has 20 heavy (non-hydrogen) atoms. The molecule has 1 aliphatic rings. The molecule has 0 aliphatic heterocycles. The van der Waals surface area contributed by atoms with Gasteiger partial charge >= 0.3 is 0 Å². The van der Waals surface area contributed by atoms with Crippen LogP contribution in [0.4, 0.5) is 10.1 Å². The highest BCUT2D eigenvalue weighted by molar-refractivity contribution is 5.56. The molecule has 1 fully saturated rings. The van der Waals surface area contributed by atoms with Gasteiger partial charge in [-0.15, -0.1) is 0 Å². The van der Waals surface area contributed by atoms with E-state index in [0.717, 1.165) is 29.3 Å². The van der Waals surface area contributed by atoms with E-state index in [0.29, 0.717) is 0 Å². The second-order valence-corrected chi connectivity index (χ2v) is 6.20. The Morgan fingerprint density at radius 2 is 2.00 bits per heavy atom. The fraction of sp³-hybridized carbons (Fsp3) is 0.647. The molecule has 1 aromatic rings. The summed E-state index contributed by atoms with van der Waals surface area (Å²) in [7, 11) is 4.06. The minimum Gasteiger partial charge on any atom is -0.374 e. The summed E-state index contributed by atoms with van der Waals surface area (Å²) in [5.74, 6) is 0.684. The predicted molar refractivity (Wildman–Crippen MR) is 83.8 cm³/mol. The predicted octanol–water partition coefficient (Wildman–Crippen LogP) is 4.04. The quantitative estimate of drug-likeness (QED) is 0.874. The minimum atomic E-state index is -0.111. The number of anilines is 1. The Labute approximate surface area is 122 Å². The summed E-state index contributed by atoms with van der Waals surface area (Å²) < 4.78 is 13.9. The molecule has 1 atom stereocenters. The molecule has 112 valence electrons. The number of hydrogen-bond acceptors (Lipinski definition) is 2. The maximum absolute atomic E-state index is 13.9. The molecule has 1 N–H and O–H groups in total. The normalized spacial score (nSPS) is 17.4. The third-order valence-electron chi connectivity index (χ3n) is 4.63. The first-order valence-electron chi connectivity index (χ1n) is 7.71. The second-order valence-electron chi connectivity index (χ2n) is 6.20. The van der Waals surface area contributed by atoms with Gasteiger partial charge in [-0.2, -0.15) is 0 Å². The highest BCUT2D eigenvalue weighted by atomic mass is 19.1. The second kappa shape index (κ2) is 6.57. The smallest absolute Gasteiger partial charge is 0.126 e. The Morgan fingerprint density at radius 1 is 1.35 bits per heavy atom. The van der Waals surface area contributed by atoms with Crippen molar-refractivity contribution in [1.82, 2.24) is 5.32 Å². The summed E-state index contributed by atoms with van der Waals surface area (Å²) in [6.07, 6.45) is 5.39. The minimum absolute atomic E-state index is 0.111. The van der Waals surface area contributed by atoms with Crippen molar-refractivity contribution in [3.8, 4) is 0 Å². The van der Waals surface area contributed by atoms with Gasteiger partial charge in [0.2, 0.25) is 0 Å². The summed E-state index contributed by atoms with van der Waals surface area (Å²) >= 11 is 0. The topological polar surface area (TPSA) is 15.3 Å². The summed E-state index contributed by atoms with van der Waals surface area (Å²) in [5, 5.41) is 3.22. The van der Waals surface area contributed by atoms with E-state index in [1.807, 2.05) is 20.0 Å². The van der Waals surface area contributed by atoms with Gasteiger partial charge in [-0.25, -0.2) is 4.39 Å². The highest BCUT2D eigenvalue weighted by Gasteiger charge is 2.20. The highest BCUT2D eigenvalue weighted by Crippen LogP contribution is 2.31. The fourth-order valence-electron chi connectivity index (χ4n) is 3.19. The van der Waals surface area contributed by atoms with Crippen molar-refractivity contribution in [3.05, 3.63) is 29.1 Å². The van der Waals surface area contributed by atoms with Crippen LogP contribution in [-0.2, 0) is 0 Å². The van der Waals surface area contributed by atoms with Crippen molar-refractivity contribution in [2.45, 2.75) is 45.6 Å². The number of nitrogens with one attached hydrogen (secondary N) is 1. The molecule has 0 radical (unpaired) electrons. The zero-order valence-corrected chi connectivity index (χ0v) is 13.2. The maximum Gasteiger partial charge on any atom is 0.126 e. The van der Waals surface area contributed by atoms with Crippen LogP contribution in [0.1, 0.15) is 49.8 Å². The van der Waals surface area contributed by atoms with Gasteiger partial charge < -0.3 is 10.2 Å². The first kappa shape index (κ1) is 15.3. The first-order valence-corrected chi connectivity index (χ1v) is 7.71. The van der Waals surface area contributed by atoms with E-state index in [-0.39, 0.29) is 11.9 Å². The van der Waals surface area contributed by atoms with E-state index in [1.165, 1.54) is 25.7 Å². The molecule has 1 unspecified atom stereocenters. The summed E-state index contributed by atoms with van der Waals surface area (Å²) in [6.45, 7) is 5.00. The van der Waals surface area contributed by atoms with Crippen molar-refractivity contribution in [1.29, 1.82) is 0 Å². The molecule has 2 nitrogen and oxygen atoms in total. The molecule has 0 bridgehead atoms. The molecule has 1 aromatic carbocycles. The van der Waals surface area contributed by atoms with E-state index in [1.54, 1.807) is 6.07 Å². The molecule has 0 heterocycles. The molecule has 0 amide bonds. The average molecular weight is 278 g/mol. The number of halogens is 1. The fourth-order valence-corrected chi connectivity index (χ4v) is 3.19. The van der Waals surface area contributed by atoms with E-state index in [9.17, 15) is 4.39 Å². The van der Waals surface area contributed by atoms with Crippen molar-refractivity contribution in [3.63, 3.8) is 0 Å². The Hall–Kier alpha value is -1.09. The van der Waals surface area contributed by atoms with Gasteiger partial charge in [0.05, 0.1) is 0 Å². The van der Waals surface area contributed by atoms with Crippen molar-refractivity contribution in [2.75, 3.05) is 25.5 Å². The van der Waals surface area contributed by atoms with Crippen LogP contribution in [-0.4, -0.2) is 20.6 Å². The van der Waals surface area contributed by atoms with Gasteiger partial charge in [-0.3, -0.25) is 0 Å². The van der Waals surface area contributed by atoms with Crippen LogP contribution in [0.5, 0.6) is 0 Å². The first-order chi connectivity index (χ1) is 9.52. The van der Waals surface area contributed by atoms with Gasteiger partial charge in [-0.1, -0.05) is 12.8 Å². The Balaban J connectivity index is 2.25. The average Bonchev–Trinajstić information content (AvgIpc) is 2.93. The molecular formula is C17H27FN2. The van der Waals surface area contributed by atoms with Crippen molar-refractivity contribution in [2.24, 2.45) is 5.92 Å². The zero-order chi connectivity index (χ0) is 14.7. The molecule has 1 saturated carbocycles. The molecule has 1 aliphatic carbocycles. The van der Waals surface area contributed by atoms with Crippen LogP contribution in [0, 0.1) is 18.7 Å². The number of hydrogen-bond donors (Lipinski definition) is 1. The number of nitrogens with zero attached hydrogens (tertiary/aromatic N) is 1. The lowest BCUT2D eigenvalue weighted by molar-refractivity contribution is 0.543.